The largest absolute Gasteiger partial charge is 0.368 e. The summed E-state index contributed by atoms with van der Waals surface area (Å²) in [4.78, 5) is 3.85. The maximum atomic E-state index is 13.7. The molecule has 0 atom stereocenters. The zero-order chi connectivity index (χ0) is 14.7. The molecule has 0 unspecified atom stereocenters. The summed E-state index contributed by atoms with van der Waals surface area (Å²) in [5.41, 5.74) is 0.493. The normalized spacial score (nSPS) is 10.4. The average molecular weight is 393 g/mol. The molecule has 0 bridgehead atoms. The molecule has 7 heteroatoms. The zero-order valence-electron chi connectivity index (χ0n) is 10.5. The maximum absolute atomic E-state index is 13.7. The molecule has 2 rings (SSSR count). The summed E-state index contributed by atoms with van der Waals surface area (Å²) in [5.74, 6) is -2.12. The Bertz CT molecular complexity index is 634. The SMILES string of the molecule is CCNc1nc(Nc2ccc(F)cc2I)c(F)cc1F. The summed E-state index contributed by atoms with van der Waals surface area (Å²) < 4.78 is 40.7. The summed E-state index contributed by atoms with van der Waals surface area (Å²) >= 11 is 1.91. The van der Waals surface area contributed by atoms with Gasteiger partial charge in [0, 0.05) is 16.2 Å². The van der Waals surface area contributed by atoms with Crippen LogP contribution in [-0.2, 0) is 0 Å². The Kier molecular flexibility index (Phi) is 4.69. The van der Waals surface area contributed by atoms with Gasteiger partial charge in [-0.3, -0.25) is 0 Å². The van der Waals surface area contributed by atoms with Crippen LogP contribution in [0.15, 0.2) is 24.3 Å². The minimum Gasteiger partial charge on any atom is -0.368 e. The standard InChI is InChI=1S/C13H11F3IN3/c1-2-18-12-8(15)6-9(16)13(20-12)19-11-4-3-7(14)5-10(11)17/h3-6H,2H2,1H3,(H2,18,19,20). The van der Waals surface area contributed by atoms with Gasteiger partial charge < -0.3 is 10.6 Å². The quantitative estimate of drug-likeness (QED) is 0.762. The number of benzene rings is 1. The van der Waals surface area contributed by atoms with Crippen molar-refractivity contribution in [3.8, 4) is 0 Å². The van der Waals surface area contributed by atoms with Crippen LogP contribution in [0.4, 0.5) is 30.5 Å². The molecular weight excluding hydrogens is 382 g/mol. The van der Waals surface area contributed by atoms with Crippen LogP contribution in [0.1, 0.15) is 6.92 Å². The van der Waals surface area contributed by atoms with Crippen LogP contribution in [-0.4, -0.2) is 11.5 Å². The Labute approximate surface area is 127 Å². The lowest BCUT2D eigenvalue weighted by Gasteiger charge is -2.11. The van der Waals surface area contributed by atoms with E-state index in [0.29, 0.717) is 15.8 Å². The van der Waals surface area contributed by atoms with Gasteiger partial charge in [-0.15, -0.1) is 0 Å². The number of nitrogens with zero attached hydrogens (tertiary/aromatic N) is 1. The van der Waals surface area contributed by atoms with E-state index in [2.05, 4.69) is 15.6 Å². The first-order chi connectivity index (χ1) is 9.51. The fourth-order valence-electron chi connectivity index (χ4n) is 1.56. The van der Waals surface area contributed by atoms with E-state index in [1.807, 2.05) is 22.6 Å². The predicted molar refractivity (Wildman–Crippen MR) is 80.7 cm³/mol. The molecule has 0 spiro atoms. The Morgan fingerprint density at radius 2 is 1.80 bits per heavy atom. The van der Waals surface area contributed by atoms with Gasteiger partial charge in [-0.2, -0.15) is 0 Å². The average Bonchev–Trinajstić information content (AvgIpc) is 2.38. The molecule has 0 amide bonds. The number of hydrogen-bond acceptors (Lipinski definition) is 3. The zero-order valence-corrected chi connectivity index (χ0v) is 12.6. The topological polar surface area (TPSA) is 37.0 Å². The van der Waals surface area contributed by atoms with E-state index >= 15 is 0 Å². The summed E-state index contributed by atoms with van der Waals surface area (Å²) in [6.45, 7) is 2.24. The van der Waals surface area contributed by atoms with Crippen molar-refractivity contribution in [1.29, 1.82) is 0 Å². The van der Waals surface area contributed by atoms with Gasteiger partial charge in [0.25, 0.3) is 0 Å². The number of aromatic nitrogens is 1. The number of hydrogen-bond donors (Lipinski definition) is 2. The lowest BCUT2D eigenvalue weighted by atomic mass is 10.3. The molecule has 0 saturated heterocycles. The predicted octanol–water partition coefficient (Wildman–Crippen LogP) is 4.28. The van der Waals surface area contributed by atoms with E-state index in [1.54, 1.807) is 6.92 Å². The first-order valence-electron chi connectivity index (χ1n) is 5.83. The molecule has 0 radical (unpaired) electrons. The van der Waals surface area contributed by atoms with Gasteiger partial charge in [-0.25, -0.2) is 18.2 Å². The van der Waals surface area contributed by atoms with Crippen LogP contribution in [0.2, 0.25) is 0 Å². The van der Waals surface area contributed by atoms with Gasteiger partial charge in [-0.1, -0.05) is 0 Å². The smallest absolute Gasteiger partial charge is 0.169 e. The van der Waals surface area contributed by atoms with Crippen LogP contribution in [0, 0.1) is 21.0 Å². The fourth-order valence-corrected chi connectivity index (χ4v) is 2.18. The highest BCUT2D eigenvalue weighted by Gasteiger charge is 2.12. The van der Waals surface area contributed by atoms with Crippen LogP contribution in [0.5, 0.6) is 0 Å². The van der Waals surface area contributed by atoms with E-state index < -0.39 is 11.6 Å². The molecule has 1 heterocycles. The van der Waals surface area contributed by atoms with Crippen molar-refractivity contribution >= 4 is 39.9 Å². The second-order valence-corrected chi connectivity index (χ2v) is 5.09. The van der Waals surface area contributed by atoms with Gasteiger partial charge >= 0.3 is 0 Å². The van der Waals surface area contributed by atoms with Gasteiger partial charge in [0.1, 0.15) is 5.82 Å². The first kappa shape index (κ1) is 14.9. The third-order valence-electron chi connectivity index (χ3n) is 2.46. The van der Waals surface area contributed by atoms with Crippen LogP contribution < -0.4 is 10.6 Å². The summed E-state index contributed by atoms with van der Waals surface area (Å²) in [7, 11) is 0. The summed E-state index contributed by atoms with van der Waals surface area (Å²) in [5, 5.41) is 5.43. The molecule has 0 aliphatic heterocycles. The molecular formula is C13H11F3IN3. The molecule has 2 aromatic rings. The molecule has 0 aliphatic carbocycles. The number of nitrogens with one attached hydrogen (secondary N) is 2. The summed E-state index contributed by atoms with van der Waals surface area (Å²) in [6.07, 6.45) is 0. The van der Waals surface area contributed by atoms with E-state index in [-0.39, 0.29) is 17.5 Å². The fraction of sp³-hybridized carbons (Fsp3) is 0.154. The van der Waals surface area contributed by atoms with E-state index in [9.17, 15) is 13.2 Å². The molecule has 20 heavy (non-hydrogen) atoms. The van der Waals surface area contributed by atoms with Crippen LogP contribution >= 0.6 is 22.6 Å². The van der Waals surface area contributed by atoms with Crippen molar-refractivity contribution in [3.63, 3.8) is 0 Å². The van der Waals surface area contributed by atoms with Gasteiger partial charge in [0.15, 0.2) is 23.3 Å². The lowest BCUT2D eigenvalue weighted by molar-refractivity contribution is 0.579. The molecule has 0 aliphatic rings. The van der Waals surface area contributed by atoms with Crippen molar-refractivity contribution in [2.24, 2.45) is 0 Å². The molecule has 3 nitrogen and oxygen atoms in total. The minimum atomic E-state index is -0.815. The number of rotatable bonds is 4. The van der Waals surface area contributed by atoms with Crippen molar-refractivity contribution < 1.29 is 13.2 Å². The monoisotopic (exact) mass is 393 g/mol. The van der Waals surface area contributed by atoms with Crippen molar-refractivity contribution in [2.75, 3.05) is 17.2 Å². The lowest BCUT2D eigenvalue weighted by Crippen LogP contribution is -2.07. The van der Waals surface area contributed by atoms with Crippen LogP contribution in [0.25, 0.3) is 0 Å². The molecule has 1 aromatic heterocycles. The second-order valence-electron chi connectivity index (χ2n) is 3.93. The Balaban J connectivity index is 2.35. The van der Waals surface area contributed by atoms with E-state index in [0.717, 1.165) is 6.07 Å². The van der Waals surface area contributed by atoms with Gasteiger partial charge in [0.2, 0.25) is 0 Å². The van der Waals surface area contributed by atoms with Crippen molar-refractivity contribution in [2.45, 2.75) is 6.92 Å². The molecule has 2 N–H and O–H groups in total. The molecule has 1 aromatic carbocycles. The molecule has 106 valence electrons. The van der Waals surface area contributed by atoms with E-state index in [4.69, 9.17) is 0 Å². The maximum Gasteiger partial charge on any atom is 0.169 e. The van der Waals surface area contributed by atoms with Crippen molar-refractivity contribution in [3.05, 3.63) is 45.3 Å². The Morgan fingerprint density at radius 3 is 2.45 bits per heavy atom. The third-order valence-corrected chi connectivity index (χ3v) is 3.35. The van der Waals surface area contributed by atoms with Gasteiger partial charge in [0.05, 0.1) is 5.69 Å². The first-order valence-corrected chi connectivity index (χ1v) is 6.91. The second kappa shape index (κ2) is 6.29. The third kappa shape index (κ3) is 3.33. The number of anilines is 3. The summed E-state index contributed by atoms with van der Waals surface area (Å²) in [6, 6.07) is 4.77. The highest BCUT2D eigenvalue weighted by Crippen LogP contribution is 2.26. The number of halogens is 4. The Morgan fingerprint density at radius 1 is 1.10 bits per heavy atom. The highest BCUT2D eigenvalue weighted by atomic mass is 127. The van der Waals surface area contributed by atoms with Gasteiger partial charge in [-0.05, 0) is 47.7 Å². The number of pyridine rings is 1. The van der Waals surface area contributed by atoms with Crippen LogP contribution in [0.3, 0.4) is 0 Å². The minimum absolute atomic E-state index is 0.0338. The highest BCUT2D eigenvalue weighted by molar-refractivity contribution is 14.1. The van der Waals surface area contributed by atoms with E-state index in [1.165, 1.54) is 18.2 Å². The molecule has 0 saturated carbocycles. The van der Waals surface area contributed by atoms with Crippen molar-refractivity contribution in [1.82, 2.24) is 4.98 Å². The molecule has 0 fully saturated rings. The Hall–Kier alpha value is -1.51.